The normalized spacial score (nSPS) is 9.11. The molecular formula is C12H6Na2O4. The van der Waals surface area contributed by atoms with Gasteiger partial charge in [0.2, 0.25) is 0 Å². The Morgan fingerprint density at radius 3 is 1.33 bits per heavy atom. The molecule has 0 atom stereocenters. The predicted molar refractivity (Wildman–Crippen MR) is 52.6 cm³/mol. The van der Waals surface area contributed by atoms with Gasteiger partial charge in [-0.3, -0.25) is 0 Å². The van der Waals surface area contributed by atoms with Crippen LogP contribution in [0.5, 0.6) is 0 Å². The SMILES string of the molecule is O=C([O-])c1ccc2cc(C(=O)[O-])ccc2c1.[Na+].[Na+]. The van der Waals surface area contributed by atoms with E-state index in [-0.39, 0.29) is 70.2 Å². The van der Waals surface area contributed by atoms with Gasteiger partial charge in [-0.25, -0.2) is 0 Å². The number of hydrogen-bond donors (Lipinski definition) is 0. The van der Waals surface area contributed by atoms with Crippen LogP contribution in [0.4, 0.5) is 0 Å². The first kappa shape index (κ1) is 17.6. The zero-order valence-corrected chi connectivity index (χ0v) is 14.1. The molecule has 0 aromatic heterocycles. The molecular weight excluding hydrogens is 254 g/mol. The van der Waals surface area contributed by atoms with Gasteiger partial charge in [0, 0.05) is 0 Å². The average molecular weight is 260 g/mol. The summed E-state index contributed by atoms with van der Waals surface area (Å²) in [4.78, 5) is 21.2. The van der Waals surface area contributed by atoms with Gasteiger partial charge in [0.15, 0.2) is 0 Å². The zero-order chi connectivity index (χ0) is 11.7. The third kappa shape index (κ3) is 3.82. The van der Waals surface area contributed by atoms with Crippen LogP contribution in [-0.2, 0) is 0 Å². The van der Waals surface area contributed by atoms with Gasteiger partial charge in [-0.2, -0.15) is 0 Å². The first-order valence-electron chi connectivity index (χ1n) is 4.54. The van der Waals surface area contributed by atoms with Crippen molar-refractivity contribution in [2.45, 2.75) is 0 Å². The molecule has 2 aromatic rings. The molecule has 2 aromatic carbocycles. The van der Waals surface area contributed by atoms with Crippen molar-refractivity contribution in [1.82, 2.24) is 0 Å². The van der Waals surface area contributed by atoms with Crippen molar-refractivity contribution in [3.05, 3.63) is 47.5 Å². The Hall–Kier alpha value is -0.360. The number of carboxylic acids is 2. The van der Waals surface area contributed by atoms with Crippen molar-refractivity contribution in [2.24, 2.45) is 0 Å². The summed E-state index contributed by atoms with van der Waals surface area (Å²) >= 11 is 0. The second-order valence-corrected chi connectivity index (χ2v) is 3.35. The summed E-state index contributed by atoms with van der Waals surface area (Å²) < 4.78 is 0. The van der Waals surface area contributed by atoms with Crippen LogP contribution in [0.15, 0.2) is 36.4 Å². The van der Waals surface area contributed by atoms with Gasteiger partial charge >= 0.3 is 59.1 Å². The number of rotatable bonds is 2. The van der Waals surface area contributed by atoms with E-state index in [9.17, 15) is 19.8 Å². The molecule has 6 heteroatoms. The number of carboxylic acid groups (broad SMARTS) is 2. The molecule has 0 bridgehead atoms. The Labute approximate surface area is 148 Å². The Bertz CT molecular complexity index is 542. The summed E-state index contributed by atoms with van der Waals surface area (Å²) in [6, 6.07) is 8.68. The van der Waals surface area contributed by atoms with E-state index in [4.69, 9.17) is 0 Å². The summed E-state index contributed by atoms with van der Waals surface area (Å²) in [5.74, 6) is -2.52. The minimum Gasteiger partial charge on any atom is -0.545 e. The summed E-state index contributed by atoms with van der Waals surface area (Å²) in [5, 5.41) is 22.5. The summed E-state index contributed by atoms with van der Waals surface area (Å²) in [5.41, 5.74) is 0.127. The fraction of sp³-hybridized carbons (Fsp3) is 0. The monoisotopic (exact) mass is 260 g/mol. The average Bonchev–Trinajstić information content (AvgIpc) is 2.27. The van der Waals surface area contributed by atoms with Gasteiger partial charge in [-0.1, -0.05) is 24.3 Å². The molecule has 0 heterocycles. The third-order valence-corrected chi connectivity index (χ3v) is 2.31. The number of aromatic carboxylic acids is 2. The summed E-state index contributed by atoms with van der Waals surface area (Å²) in [6.07, 6.45) is 0. The smallest absolute Gasteiger partial charge is 0.545 e. The molecule has 0 fully saturated rings. The zero-order valence-electron chi connectivity index (χ0n) is 10.1. The summed E-state index contributed by atoms with van der Waals surface area (Å²) in [6.45, 7) is 0. The fourth-order valence-electron chi connectivity index (χ4n) is 1.50. The van der Waals surface area contributed by atoms with Crippen LogP contribution in [-0.4, -0.2) is 11.9 Å². The van der Waals surface area contributed by atoms with Crippen molar-refractivity contribution >= 4 is 22.7 Å². The van der Waals surface area contributed by atoms with Gasteiger partial charge in [0.05, 0.1) is 11.9 Å². The second kappa shape index (κ2) is 7.28. The molecule has 0 radical (unpaired) electrons. The Balaban J connectivity index is 0.00000144. The molecule has 0 aliphatic heterocycles. The molecule has 0 saturated carbocycles. The standard InChI is InChI=1S/C12H8O4.2Na/c13-11(14)9-3-1-7-5-10(12(15)16)4-2-8(7)6-9;;/h1-6H,(H,13,14)(H,15,16);;/q;2*+1/p-2. The predicted octanol–water partition coefficient (Wildman–Crippen LogP) is -6.43. The maximum Gasteiger partial charge on any atom is 1.00 e. The second-order valence-electron chi connectivity index (χ2n) is 3.35. The van der Waals surface area contributed by atoms with Gasteiger partial charge in [0.1, 0.15) is 0 Å². The van der Waals surface area contributed by atoms with Crippen LogP contribution in [0.3, 0.4) is 0 Å². The molecule has 2 rings (SSSR count). The third-order valence-electron chi connectivity index (χ3n) is 2.31. The molecule has 0 amide bonds. The van der Waals surface area contributed by atoms with Crippen molar-refractivity contribution < 1.29 is 78.9 Å². The number of carbonyl (C=O) groups is 2. The van der Waals surface area contributed by atoms with Crippen molar-refractivity contribution in [3.8, 4) is 0 Å². The van der Waals surface area contributed by atoms with Crippen LogP contribution in [0.2, 0.25) is 0 Å². The van der Waals surface area contributed by atoms with Crippen LogP contribution < -0.4 is 69.3 Å². The fourth-order valence-corrected chi connectivity index (χ4v) is 1.50. The van der Waals surface area contributed by atoms with Gasteiger partial charge in [-0.15, -0.1) is 0 Å². The summed E-state index contributed by atoms with van der Waals surface area (Å²) in [7, 11) is 0. The van der Waals surface area contributed by atoms with E-state index in [2.05, 4.69) is 0 Å². The van der Waals surface area contributed by atoms with Crippen LogP contribution in [0, 0.1) is 0 Å². The molecule has 0 unspecified atom stereocenters. The Morgan fingerprint density at radius 2 is 1.06 bits per heavy atom. The minimum absolute atomic E-state index is 0. The molecule has 18 heavy (non-hydrogen) atoms. The molecule has 0 spiro atoms. The maximum atomic E-state index is 10.6. The van der Waals surface area contributed by atoms with E-state index in [1.807, 2.05) is 0 Å². The first-order valence-corrected chi connectivity index (χ1v) is 4.54. The van der Waals surface area contributed by atoms with Gasteiger partial charge in [-0.05, 0) is 34.0 Å². The Kier molecular flexibility index (Phi) is 7.14. The minimum atomic E-state index is -1.26. The van der Waals surface area contributed by atoms with E-state index in [1.165, 1.54) is 36.4 Å². The van der Waals surface area contributed by atoms with Crippen molar-refractivity contribution in [2.75, 3.05) is 0 Å². The van der Waals surface area contributed by atoms with Crippen LogP contribution >= 0.6 is 0 Å². The molecule has 4 nitrogen and oxygen atoms in total. The van der Waals surface area contributed by atoms with E-state index < -0.39 is 11.9 Å². The number of carbonyl (C=O) groups excluding carboxylic acids is 2. The number of hydrogen-bond acceptors (Lipinski definition) is 4. The molecule has 0 aliphatic rings. The first-order chi connectivity index (χ1) is 7.58. The maximum absolute atomic E-state index is 10.6. The largest absolute Gasteiger partial charge is 1.00 e. The number of fused-ring (bicyclic) bond motifs is 1. The Morgan fingerprint density at radius 1 is 0.722 bits per heavy atom. The number of benzene rings is 2. The van der Waals surface area contributed by atoms with E-state index in [0.717, 1.165) is 0 Å². The van der Waals surface area contributed by atoms with E-state index in [0.29, 0.717) is 10.8 Å². The van der Waals surface area contributed by atoms with E-state index in [1.54, 1.807) is 0 Å². The molecule has 0 saturated heterocycles. The molecule has 80 valence electrons. The van der Waals surface area contributed by atoms with Crippen LogP contribution in [0.1, 0.15) is 20.7 Å². The van der Waals surface area contributed by atoms with Crippen LogP contribution in [0.25, 0.3) is 10.8 Å². The van der Waals surface area contributed by atoms with Gasteiger partial charge < -0.3 is 19.8 Å². The van der Waals surface area contributed by atoms with Crippen molar-refractivity contribution in [1.29, 1.82) is 0 Å². The topological polar surface area (TPSA) is 80.3 Å². The van der Waals surface area contributed by atoms with Gasteiger partial charge in [0.25, 0.3) is 0 Å². The quantitative estimate of drug-likeness (QED) is 0.503. The van der Waals surface area contributed by atoms with E-state index >= 15 is 0 Å². The molecule has 0 N–H and O–H groups in total. The molecule has 0 aliphatic carbocycles. The van der Waals surface area contributed by atoms with Crippen molar-refractivity contribution in [3.63, 3.8) is 0 Å².